The van der Waals surface area contributed by atoms with Gasteiger partial charge in [0.15, 0.2) is 0 Å². The van der Waals surface area contributed by atoms with Gasteiger partial charge in [0, 0.05) is 22.8 Å². The standard InChI is InChI=1S/C18H14BrN3O2/c1-12(23)21-16-5-7-17(8-6-16)22-18(24)14(11-20)9-13-3-2-4-15(19)10-13/h2-10H,1H3,(H,21,23)(H,22,24)/b14-9+. The largest absolute Gasteiger partial charge is 0.326 e. The van der Waals surface area contributed by atoms with Crippen molar-refractivity contribution in [3.8, 4) is 6.07 Å². The summed E-state index contributed by atoms with van der Waals surface area (Å²) in [6.45, 7) is 1.42. The van der Waals surface area contributed by atoms with E-state index in [2.05, 4.69) is 26.6 Å². The van der Waals surface area contributed by atoms with E-state index in [1.165, 1.54) is 13.0 Å². The highest BCUT2D eigenvalue weighted by molar-refractivity contribution is 9.10. The van der Waals surface area contributed by atoms with E-state index < -0.39 is 5.91 Å². The van der Waals surface area contributed by atoms with Gasteiger partial charge in [-0.2, -0.15) is 5.26 Å². The van der Waals surface area contributed by atoms with E-state index in [1.807, 2.05) is 24.3 Å². The van der Waals surface area contributed by atoms with Gasteiger partial charge in [0.25, 0.3) is 5.91 Å². The third-order valence-corrected chi connectivity index (χ3v) is 3.48. The van der Waals surface area contributed by atoms with Gasteiger partial charge < -0.3 is 10.6 Å². The molecule has 0 saturated carbocycles. The number of carbonyl (C=O) groups is 2. The smallest absolute Gasteiger partial charge is 0.266 e. The van der Waals surface area contributed by atoms with E-state index in [0.717, 1.165) is 10.0 Å². The summed E-state index contributed by atoms with van der Waals surface area (Å²) in [5, 5.41) is 14.5. The number of halogens is 1. The first-order valence-electron chi connectivity index (χ1n) is 7.04. The lowest BCUT2D eigenvalue weighted by molar-refractivity contribution is -0.114. The summed E-state index contributed by atoms with van der Waals surface area (Å²) in [7, 11) is 0. The highest BCUT2D eigenvalue weighted by atomic mass is 79.9. The van der Waals surface area contributed by atoms with Gasteiger partial charge in [0.05, 0.1) is 0 Å². The van der Waals surface area contributed by atoms with Crippen molar-refractivity contribution in [3.05, 3.63) is 64.1 Å². The number of rotatable bonds is 4. The quantitative estimate of drug-likeness (QED) is 0.619. The number of carbonyl (C=O) groups excluding carboxylic acids is 2. The van der Waals surface area contributed by atoms with Crippen molar-refractivity contribution in [3.63, 3.8) is 0 Å². The van der Waals surface area contributed by atoms with E-state index in [9.17, 15) is 14.9 Å². The summed E-state index contributed by atoms with van der Waals surface area (Å²) in [6, 6.07) is 15.8. The number of anilines is 2. The first-order chi connectivity index (χ1) is 11.5. The summed E-state index contributed by atoms with van der Waals surface area (Å²) < 4.78 is 0.863. The molecule has 0 bridgehead atoms. The summed E-state index contributed by atoms with van der Waals surface area (Å²) in [6.07, 6.45) is 1.52. The van der Waals surface area contributed by atoms with E-state index in [1.54, 1.807) is 30.3 Å². The molecule has 24 heavy (non-hydrogen) atoms. The maximum absolute atomic E-state index is 12.2. The average molecular weight is 384 g/mol. The molecule has 0 spiro atoms. The number of amides is 2. The van der Waals surface area contributed by atoms with E-state index in [-0.39, 0.29) is 11.5 Å². The van der Waals surface area contributed by atoms with Crippen LogP contribution < -0.4 is 10.6 Å². The zero-order valence-corrected chi connectivity index (χ0v) is 14.4. The van der Waals surface area contributed by atoms with Crippen molar-refractivity contribution in [2.75, 3.05) is 10.6 Å². The maximum atomic E-state index is 12.2. The monoisotopic (exact) mass is 383 g/mol. The van der Waals surface area contributed by atoms with Crippen molar-refractivity contribution in [2.24, 2.45) is 0 Å². The molecule has 5 nitrogen and oxygen atoms in total. The molecule has 0 aliphatic heterocycles. The molecule has 0 atom stereocenters. The molecule has 0 aliphatic rings. The second kappa shape index (κ2) is 8.09. The van der Waals surface area contributed by atoms with Crippen LogP contribution in [0.5, 0.6) is 0 Å². The van der Waals surface area contributed by atoms with Crippen LogP contribution in [0.1, 0.15) is 12.5 Å². The zero-order chi connectivity index (χ0) is 17.5. The first kappa shape index (κ1) is 17.4. The number of nitrogens with one attached hydrogen (secondary N) is 2. The fraction of sp³-hybridized carbons (Fsp3) is 0.0556. The Hall–Kier alpha value is -2.91. The Morgan fingerprint density at radius 2 is 1.71 bits per heavy atom. The van der Waals surface area contributed by atoms with Gasteiger partial charge in [0.2, 0.25) is 5.91 Å². The fourth-order valence-electron chi connectivity index (χ4n) is 1.95. The number of nitriles is 1. The Labute approximate surface area is 148 Å². The third-order valence-electron chi connectivity index (χ3n) is 2.99. The Morgan fingerprint density at radius 1 is 1.08 bits per heavy atom. The summed E-state index contributed by atoms with van der Waals surface area (Å²) in [5.41, 5.74) is 1.91. The van der Waals surface area contributed by atoms with Crippen molar-refractivity contribution >= 4 is 45.2 Å². The zero-order valence-electron chi connectivity index (χ0n) is 12.8. The maximum Gasteiger partial charge on any atom is 0.266 e. The molecular weight excluding hydrogens is 370 g/mol. The van der Waals surface area contributed by atoms with E-state index in [0.29, 0.717) is 11.4 Å². The number of hydrogen-bond donors (Lipinski definition) is 2. The van der Waals surface area contributed by atoms with Crippen LogP contribution in [0.2, 0.25) is 0 Å². The molecule has 120 valence electrons. The van der Waals surface area contributed by atoms with Gasteiger partial charge >= 0.3 is 0 Å². The topological polar surface area (TPSA) is 82.0 Å². The van der Waals surface area contributed by atoms with Crippen molar-refractivity contribution in [1.82, 2.24) is 0 Å². The molecule has 2 N–H and O–H groups in total. The first-order valence-corrected chi connectivity index (χ1v) is 7.83. The fourth-order valence-corrected chi connectivity index (χ4v) is 2.37. The van der Waals surface area contributed by atoms with Crippen LogP contribution in [0.25, 0.3) is 6.08 Å². The molecule has 0 fully saturated rings. The van der Waals surface area contributed by atoms with Crippen molar-refractivity contribution < 1.29 is 9.59 Å². The molecule has 0 aromatic heterocycles. The van der Waals surface area contributed by atoms with Crippen LogP contribution in [0.3, 0.4) is 0 Å². The lowest BCUT2D eigenvalue weighted by Crippen LogP contribution is -2.13. The molecule has 2 aromatic rings. The van der Waals surface area contributed by atoms with Crippen molar-refractivity contribution in [1.29, 1.82) is 5.26 Å². The van der Waals surface area contributed by atoms with Crippen LogP contribution in [-0.4, -0.2) is 11.8 Å². The molecule has 6 heteroatoms. The van der Waals surface area contributed by atoms with Crippen LogP contribution in [0.15, 0.2) is 58.6 Å². The highest BCUT2D eigenvalue weighted by Crippen LogP contribution is 2.17. The van der Waals surface area contributed by atoms with Crippen LogP contribution in [0.4, 0.5) is 11.4 Å². The highest BCUT2D eigenvalue weighted by Gasteiger charge is 2.09. The predicted molar refractivity (Wildman–Crippen MR) is 97.1 cm³/mol. The van der Waals surface area contributed by atoms with Gasteiger partial charge in [-0.25, -0.2) is 0 Å². The lowest BCUT2D eigenvalue weighted by atomic mass is 10.1. The molecule has 2 aromatic carbocycles. The normalized spacial score (nSPS) is 10.6. The number of nitrogens with zero attached hydrogens (tertiary/aromatic N) is 1. The Morgan fingerprint density at radius 3 is 2.25 bits per heavy atom. The summed E-state index contributed by atoms with van der Waals surface area (Å²) >= 11 is 3.35. The molecular formula is C18H14BrN3O2. The molecule has 0 aliphatic carbocycles. The molecule has 2 amide bonds. The van der Waals surface area contributed by atoms with E-state index in [4.69, 9.17) is 0 Å². The predicted octanol–water partition coefficient (Wildman–Crippen LogP) is 3.95. The minimum absolute atomic E-state index is 0.000891. The Balaban J connectivity index is 2.12. The Kier molecular flexibility index (Phi) is 5.88. The minimum atomic E-state index is -0.496. The van der Waals surface area contributed by atoms with E-state index >= 15 is 0 Å². The van der Waals surface area contributed by atoms with Crippen molar-refractivity contribution in [2.45, 2.75) is 6.92 Å². The van der Waals surface area contributed by atoms with Crippen LogP contribution in [0, 0.1) is 11.3 Å². The molecule has 0 unspecified atom stereocenters. The summed E-state index contributed by atoms with van der Waals surface area (Å²) in [4.78, 5) is 23.2. The summed E-state index contributed by atoms with van der Waals surface area (Å²) in [5.74, 6) is -0.666. The van der Waals surface area contributed by atoms with Gasteiger partial charge in [-0.3, -0.25) is 9.59 Å². The number of benzene rings is 2. The molecule has 0 radical (unpaired) electrons. The van der Waals surface area contributed by atoms with Gasteiger partial charge in [-0.05, 0) is 48.0 Å². The van der Waals surface area contributed by atoms with Gasteiger partial charge in [-0.15, -0.1) is 0 Å². The van der Waals surface area contributed by atoms with Gasteiger partial charge in [-0.1, -0.05) is 28.1 Å². The SMILES string of the molecule is CC(=O)Nc1ccc(NC(=O)/C(C#N)=C/c2cccc(Br)c2)cc1. The third kappa shape index (κ3) is 5.07. The second-order valence-corrected chi connectivity index (χ2v) is 5.85. The lowest BCUT2D eigenvalue weighted by Gasteiger charge is -2.06. The molecule has 0 saturated heterocycles. The molecule has 0 heterocycles. The van der Waals surface area contributed by atoms with Crippen LogP contribution >= 0.6 is 15.9 Å². The van der Waals surface area contributed by atoms with Crippen LogP contribution in [-0.2, 0) is 9.59 Å². The number of hydrogen-bond acceptors (Lipinski definition) is 3. The second-order valence-electron chi connectivity index (χ2n) is 4.94. The molecule has 2 rings (SSSR count). The minimum Gasteiger partial charge on any atom is -0.326 e. The Bertz CT molecular complexity index is 836. The van der Waals surface area contributed by atoms with Gasteiger partial charge in [0.1, 0.15) is 11.6 Å². The average Bonchev–Trinajstić information content (AvgIpc) is 2.54.